The molecule has 1 aromatic rings. The lowest BCUT2D eigenvalue weighted by atomic mass is 10.2. The second-order valence-corrected chi connectivity index (χ2v) is 4.33. The SMILES string of the molecule is CCCCc1csc(C(C)C)n1. The Morgan fingerprint density at radius 1 is 1.50 bits per heavy atom. The highest BCUT2D eigenvalue weighted by Gasteiger charge is 2.04. The zero-order valence-corrected chi connectivity index (χ0v) is 8.95. The second-order valence-electron chi connectivity index (χ2n) is 3.44. The molecule has 1 rings (SSSR count). The average molecular weight is 183 g/mol. The van der Waals surface area contributed by atoms with Crippen molar-refractivity contribution in [2.24, 2.45) is 0 Å². The van der Waals surface area contributed by atoms with E-state index in [1.165, 1.54) is 23.5 Å². The van der Waals surface area contributed by atoms with Crippen molar-refractivity contribution in [2.45, 2.75) is 46.0 Å². The van der Waals surface area contributed by atoms with Gasteiger partial charge < -0.3 is 0 Å². The second kappa shape index (κ2) is 4.61. The minimum absolute atomic E-state index is 0.588. The van der Waals surface area contributed by atoms with Crippen LogP contribution >= 0.6 is 11.3 Å². The molecule has 1 aromatic heterocycles. The molecule has 0 aliphatic heterocycles. The molecular formula is C10H17NS. The Morgan fingerprint density at radius 3 is 2.75 bits per heavy atom. The number of aromatic nitrogens is 1. The number of nitrogens with zero attached hydrogens (tertiary/aromatic N) is 1. The first kappa shape index (κ1) is 9.72. The summed E-state index contributed by atoms with van der Waals surface area (Å²) in [6.45, 7) is 6.61. The van der Waals surface area contributed by atoms with Crippen LogP contribution in [0.25, 0.3) is 0 Å². The molecule has 0 unspecified atom stereocenters. The van der Waals surface area contributed by atoms with Crippen LogP contribution in [0.1, 0.15) is 50.2 Å². The van der Waals surface area contributed by atoms with Crippen LogP contribution in [-0.4, -0.2) is 4.98 Å². The van der Waals surface area contributed by atoms with Crippen molar-refractivity contribution in [3.05, 3.63) is 16.1 Å². The van der Waals surface area contributed by atoms with E-state index in [0.717, 1.165) is 6.42 Å². The van der Waals surface area contributed by atoms with Crippen molar-refractivity contribution in [1.29, 1.82) is 0 Å². The minimum Gasteiger partial charge on any atom is -0.246 e. The van der Waals surface area contributed by atoms with E-state index in [-0.39, 0.29) is 0 Å². The molecular weight excluding hydrogens is 166 g/mol. The smallest absolute Gasteiger partial charge is 0.0953 e. The van der Waals surface area contributed by atoms with E-state index in [0.29, 0.717) is 5.92 Å². The molecule has 1 nitrogen and oxygen atoms in total. The van der Waals surface area contributed by atoms with Gasteiger partial charge in [0, 0.05) is 11.3 Å². The molecule has 0 saturated carbocycles. The van der Waals surface area contributed by atoms with Gasteiger partial charge in [0.2, 0.25) is 0 Å². The summed E-state index contributed by atoms with van der Waals surface area (Å²) in [5.74, 6) is 0.588. The lowest BCUT2D eigenvalue weighted by Gasteiger charge is -1.96. The van der Waals surface area contributed by atoms with Gasteiger partial charge in [0.15, 0.2) is 0 Å². The Kier molecular flexibility index (Phi) is 3.73. The summed E-state index contributed by atoms with van der Waals surface area (Å²) in [6.07, 6.45) is 3.68. The molecule has 0 atom stereocenters. The number of thiazole rings is 1. The standard InChI is InChI=1S/C10H17NS/c1-4-5-6-9-7-12-10(11-9)8(2)3/h7-8H,4-6H2,1-3H3. The monoisotopic (exact) mass is 183 g/mol. The third kappa shape index (κ3) is 2.59. The van der Waals surface area contributed by atoms with Gasteiger partial charge in [-0.3, -0.25) is 0 Å². The molecule has 12 heavy (non-hydrogen) atoms. The molecule has 68 valence electrons. The van der Waals surface area contributed by atoms with Crippen LogP contribution in [0.5, 0.6) is 0 Å². The maximum atomic E-state index is 4.57. The molecule has 0 amide bonds. The molecule has 0 saturated heterocycles. The number of hydrogen-bond acceptors (Lipinski definition) is 2. The zero-order valence-electron chi connectivity index (χ0n) is 8.13. The molecule has 1 heterocycles. The van der Waals surface area contributed by atoms with E-state index >= 15 is 0 Å². The summed E-state index contributed by atoms with van der Waals surface area (Å²) in [5.41, 5.74) is 1.28. The van der Waals surface area contributed by atoms with E-state index in [9.17, 15) is 0 Å². The van der Waals surface area contributed by atoms with Crippen molar-refractivity contribution in [2.75, 3.05) is 0 Å². The summed E-state index contributed by atoms with van der Waals surface area (Å²) in [5, 5.41) is 3.48. The molecule has 2 heteroatoms. The van der Waals surface area contributed by atoms with Crippen LogP contribution in [0.2, 0.25) is 0 Å². The highest BCUT2D eigenvalue weighted by atomic mass is 32.1. The van der Waals surface area contributed by atoms with E-state index in [1.807, 2.05) is 0 Å². The van der Waals surface area contributed by atoms with Crippen LogP contribution in [0.4, 0.5) is 0 Å². The fraction of sp³-hybridized carbons (Fsp3) is 0.700. The topological polar surface area (TPSA) is 12.9 Å². The number of rotatable bonds is 4. The molecule has 0 bridgehead atoms. The van der Waals surface area contributed by atoms with Crippen molar-refractivity contribution < 1.29 is 0 Å². The third-order valence-electron chi connectivity index (χ3n) is 1.85. The first-order valence-corrected chi connectivity index (χ1v) is 5.56. The maximum Gasteiger partial charge on any atom is 0.0953 e. The Morgan fingerprint density at radius 2 is 2.25 bits per heavy atom. The lowest BCUT2D eigenvalue weighted by molar-refractivity contribution is 0.767. The maximum absolute atomic E-state index is 4.57. The van der Waals surface area contributed by atoms with Crippen molar-refractivity contribution in [3.63, 3.8) is 0 Å². The largest absolute Gasteiger partial charge is 0.246 e. The lowest BCUT2D eigenvalue weighted by Crippen LogP contribution is -1.88. The predicted molar refractivity (Wildman–Crippen MR) is 54.8 cm³/mol. The number of aryl methyl sites for hydroxylation is 1. The summed E-state index contributed by atoms with van der Waals surface area (Å²) in [6, 6.07) is 0. The summed E-state index contributed by atoms with van der Waals surface area (Å²) in [4.78, 5) is 4.57. The highest BCUT2D eigenvalue weighted by molar-refractivity contribution is 7.09. The first-order chi connectivity index (χ1) is 5.74. The van der Waals surface area contributed by atoms with Crippen LogP contribution in [-0.2, 0) is 6.42 Å². The van der Waals surface area contributed by atoms with Gasteiger partial charge in [-0.25, -0.2) is 4.98 Å². The fourth-order valence-electron chi connectivity index (χ4n) is 1.06. The van der Waals surface area contributed by atoms with Gasteiger partial charge in [0.05, 0.1) is 10.7 Å². The van der Waals surface area contributed by atoms with Crippen LogP contribution in [0.15, 0.2) is 5.38 Å². The zero-order chi connectivity index (χ0) is 8.97. The Hall–Kier alpha value is -0.370. The molecule has 0 fully saturated rings. The first-order valence-electron chi connectivity index (χ1n) is 4.68. The Balaban J connectivity index is 2.52. The fourth-order valence-corrected chi connectivity index (χ4v) is 1.93. The Labute approximate surface area is 78.8 Å². The van der Waals surface area contributed by atoms with E-state index < -0.39 is 0 Å². The molecule has 0 aromatic carbocycles. The highest BCUT2D eigenvalue weighted by Crippen LogP contribution is 2.19. The van der Waals surface area contributed by atoms with Gasteiger partial charge in [-0.1, -0.05) is 27.2 Å². The minimum atomic E-state index is 0.588. The number of unbranched alkanes of at least 4 members (excludes halogenated alkanes) is 1. The Bertz CT molecular complexity index is 227. The van der Waals surface area contributed by atoms with Gasteiger partial charge >= 0.3 is 0 Å². The summed E-state index contributed by atoms with van der Waals surface area (Å²) < 4.78 is 0. The van der Waals surface area contributed by atoms with Crippen molar-refractivity contribution >= 4 is 11.3 Å². The molecule has 0 aliphatic carbocycles. The normalized spacial score (nSPS) is 11.0. The average Bonchev–Trinajstić information content (AvgIpc) is 2.48. The van der Waals surface area contributed by atoms with Crippen LogP contribution in [0.3, 0.4) is 0 Å². The van der Waals surface area contributed by atoms with E-state index in [1.54, 1.807) is 11.3 Å². The predicted octanol–water partition coefficient (Wildman–Crippen LogP) is 3.61. The van der Waals surface area contributed by atoms with Gasteiger partial charge in [0.1, 0.15) is 0 Å². The van der Waals surface area contributed by atoms with E-state index in [4.69, 9.17) is 0 Å². The quantitative estimate of drug-likeness (QED) is 0.695. The van der Waals surface area contributed by atoms with Gasteiger partial charge in [-0.05, 0) is 12.8 Å². The van der Waals surface area contributed by atoms with Crippen molar-refractivity contribution in [1.82, 2.24) is 4.98 Å². The molecule has 0 radical (unpaired) electrons. The van der Waals surface area contributed by atoms with Gasteiger partial charge in [-0.2, -0.15) is 0 Å². The molecule has 0 spiro atoms. The third-order valence-corrected chi connectivity index (χ3v) is 3.04. The summed E-state index contributed by atoms with van der Waals surface area (Å²) in [7, 11) is 0. The van der Waals surface area contributed by atoms with Crippen LogP contribution in [0, 0.1) is 0 Å². The molecule has 0 N–H and O–H groups in total. The van der Waals surface area contributed by atoms with Gasteiger partial charge in [0.25, 0.3) is 0 Å². The number of hydrogen-bond donors (Lipinski definition) is 0. The molecule has 0 aliphatic rings. The van der Waals surface area contributed by atoms with E-state index in [2.05, 4.69) is 31.1 Å². The van der Waals surface area contributed by atoms with Crippen molar-refractivity contribution in [3.8, 4) is 0 Å². The van der Waals surface area contributed by atoms with Gasteiger partial charge in [-0.15, -0.1) is 11.3 Å². The summed E-state index contributed by atoms with van der Waals surface area (Å²) >= 11 is 1.80. The van der Waals surface area contributed by atoms with Crippen LogP contribution < -0.4 is 0 Å².